The van der Waals surface area contributed by atoms with Gasteiger partial charge >= 0.3 is 29.6 Å². The first-order valence-electron chi connectivity index (χ1n) is 11.7. The first-order chi connectivity index (χ1) is 18.3. The van der Waals surface area contributed by atoms with Crippen molar-refractivity contribution < 1.29 is 73.8 Å². The molecule has 0 spiro atoms. The second-order valence-corrected chi connectivity index (χ2v) is 10.1. The van der Waals surface area contributed by atoms with Crippen LogP contribution in [0.1, 0.15) is 29.3 Å². The summed E-state index contributed by atoms with van der Waals surface area (Å²) in [4.78, 5) is 36.4. The Labute approximate surface area is 267 Å². The first kappa shape index (κ1) is 34.7. The van der Waals surface area contributed by atoms with Crippen LogP contribution in [0, 0.1) is 0 Å². The number of nitrogens with one attached hydrogen (secondary N) is 2. The van der Waals surface area contributed by atoms with Crippen LogP contribution >= 0.6 is 34.8 Å². The van der Waals surface area contributed by atoms with Crippen molar-refractivity contribution >= 4 is 52.6 Å². The molecule has 6 atom stereocenters. The van der Waals surface area contributed by atoms with Crippen molar-refractivity contribution in [2.45, 2.75) is 56.2 Å². The minimum Gasteiger partial charge on any atom is -0.544 e. The average molecular weight is 628 g/mol. The topological polar surface area (TPSA) is 177 Å². The number of halogens is 3. The molecule has 0 aliphatic carbocycles. The normalized spacial score (nSPS) is 23.8. The largest absolute Gasteiger partial charge is 1.00 e. The predicted octanol–water partition coefficient (Wildman–Crippen LogP) is -2.58. The van der Waals surface area contributed by atoms with Gasteiger partial charge in [0.15, 0.2) is 0 Å². The monoisotopic (exact) mass is 626 g/mol. The van der Waals surface area contributed by atoms with E-state index in [1.54, 1.807) is 6.07 Å². The van der Waals surface area contributed by atoms with Crippen LogP contribution in [0.15, 0.2) is 42.5 Å². The maximum atomic E-state index is 12.4. The van der Waals surface area contributed by atoms with Crippen molar-refractivity contribution in [2.24, 2.45) is 0 Å². The quantitative estimate of drug-likeness (QED) is 0.177. The van der Waals surface area contributed by atoms with Crippen LogP contribution in [-0.4, -0.2) is 75.9 Å². The summed E-state index contributed by atoms with van der Waals surface area (Å²) in [5, 5.41) is 50.1. The number of carbonyl (C=O) groups is 3. The molecule has 1 aliphatic rings. The van der Waals surface area contributed by atoms with Crippen molar-refractivity contribution in [3.8, 4) is 0 Å². The molecule has 0 radical (unpaired) electrons. The van der Waals surface area contributed by atoms with Gasteiger partial charge < -0.3 is 45.3 Å². The fourth-order valence-corrected chi connectivity index (χ4v) is 4.54. The molecular weight excluding hydrogens is 602 g/mol. The SMILES string of the molecule is CC(=O)N[C@H]1[C@H]([C@H](O)[C@H](O)CNC(=O)c2ccc(Cl)cc2)O[C@@](OCc2cccc(Cl)c2Cl)(C(=O)[O-])C[C@@H]1O.[Na+]. The molecule has 40 heavy (non-hydrogen) atoms. The van der Waals surface area contributed by atoms with Gasteiger partial charge in [-0.15, -0.1) is 0 Å². The summed E-state index contributed by atoms with van der Waals surface area (Å²) in [6.45, 7) is 0.202. The van der Waals surface area contributed by atoms with Crippen molar-refractivity contribution in [3.05, 3.63) is 68.7 Å². The Morgan fingerprint density at radius 1 is 1.15 bits per heavy atom. The van der Waals surface area contributed by atoms with Gasteiger partial charge in [0.25, 0.3) is 5.91 Å². The Morgan fingerprint density at radius 3 is 2.40 bits per heavy atom. The Kier molecular flexibility index (Phi) is 13.1. The number of hydrogen-bond donors (Lipinski definition) is 5. The Morgan fingerprint density at radius 2 is 1.80 bits per heavy atom. The van der Waals surface area contributed by atoms with Gasteiger partial charge in [-0.25, -0.2) is 0 Å². The molecule has 212 valence electrons. The molecule has 1 fully saturated rings. The Bertz CT molecular complexity index is 1210. The first-order valence-corrected chi connectivity index (χ1v) is 12.8. The zero-order valence-electron chi connectivity index (χ0n) is 21.5. The molecule has 1 saturated heterocycles. The van der Waals surface area contributed by atoms with E-state index in [2.05, 4.69) is 10.6 Å². The summed E-state index contributed by atoms with van der Waals surface area (Å²) < 4.78 is 11.2. The number of benzene rings is 2. The van der Waals surface area contributed by atoms with Gasteiger partial charge in [0.2, 0.25) is 11.7 Å². The molecule has 3 rings (SSSR count). The van der Waals surface area contributed by atoms with Crippen LogP contribution in [-0.2, 0) is 25.7 Å². The van der Waals surface area contributed by atoms with E-state index >= 15 is 0 Å². The molecule has 0 aromatic heterocycles. The summed E-state index contributed by atoms with van der Waals surface area (Å²) in [7, 11) is 0. The van der Waals surface area contributed by atoms with Crippen molar-refractivity contribution in [2.75, 3.05) is 6.54 Å². The molecule has 11 nitrogen and oxygen atoms in total. The third-order valence-electron chi connectivity index (χ3n) is 6.06. The fraction of sp³-hybridized carbons (Fsp3) is 0.400. The van der Waals surface area contributed by atoms with Gasteiger partial charge in [-0.3, -0.25) is 9.59 Å². The van der Waals surface area contributed by atoms with E-state index in [1.165, 1.54) is 36.4 Å². The second kappa shape index (κ2) is 15.1. The number of ether oxygens (including phenoxy) is 2. The number of aliphatic hydroxyl groups is 3. The van der Waals surface area contributed by atoms with Crippen LogP contribution in [0.4, 0.5) is 0 Å². The third-order valence-corrected chi connectivity index (χ3v) is 7.17. The Hall–Kier alpha value is -1.48. The summed E-state index contributed by atoms with van der Waals surface area (Å²) in [5.41, 5.74) is 0.527. The number of aliphatic carboxylic acids is 1. The van der Waals surface area contributed by atoms with Gasteiger partial charge in [-0.1, -0.05) is 46.9 Å². The molecule has 2 amide bonds. The van der Waals surface area contributed by atoms with E-state index in [1.807, 2.05) is 0 Å². The Balaban J connectivity index is 0.00000560. The van der Waals surface area contributed by atoms with E-state index in [0.717, 1.165) is 6.92 Å². The van der Waals surface area contributed by atoms with Gasteiger partial charge in [0.05, 0.1) is 34.9 Å². The standard InChI is InChI=1S/C25H27Cl3N2O9.Na/c1-12(31)30-20-17(32)9-25(24(36)37,38-11-14-3-2-4-16(27)19(14)28)39-22(20)21(34)18(33)10-29-23(35)13-5-7-15(26)8-6-13;/h2-8,17-18,20-22,32-34H,9-11H2,1H3,(H,29,35)(H,30,31)(H,36,37);/q;+1/p-1/t17-,18+,20+,21+,22+,25+;/m0./s1. The van der Waals surface area contributed by atoms with Gasteiger partial charge in [-0.2, -0.15) is 0 Å². The van der Waals surface area contributed by atoms with Crippen LogP contribution in [0.25, 0.3) is 0 Å². The van der Waals surface area contributed by atoms with Crippen LogP contribution in [0.2, 0.25) is 15.1 Å². The van der Waals surface area contributed by atoms with Crippen molar-refractivity contribution in [1.29, 1.82) is 0 Å². The second-order valence-electron chi connectivity index (χ2n) is 8.90. The van der Waals surface area contributed by atoms with Gasteiger partial charge in [0, 0.05) is 30.5 Å². The van der Waals surface area contributed by atoms with E-state index < -0.39 is 73.6 Å². The smallest absolute Gasteiger partial charge is 0.544 e. The molecule has 0 saturated carbocycles. The number of hydrogen-bond acceptors (Lipinski definition) is 9. The number of carboxylic acids is 1. The van der Waals surface area contributed by atoms with Crippen molar-refractivity contribution in [3.63, 3.8) is 0 Å². The van der Waals surface area contributed by atoms with E-state index in [-0.39, 0.29) is 45.2 Å². The van der Waals surface area contributed by atoms with Gasteiger partial charge in [0.1, 0.15) is 18.2 Å². The molecule has 15 heteroatoms. The molecule has 2 aromatic carbocycles. The number of rotatable bonds is 10. The van der Waals surface area contributed by atoms with Crippen LogP contribution < -0.4 is 45.3 Å². The third kappa shape index (κ3) is 8.52. The zero-order chi connectivity index (χ0) is 28.9. The number of aliphatic hydroxyl groups excluding tert-OH is 3. The predicted molar refractivity (Wildman–Crippen MR) is 138 cm³/mol. The average Bonchev–Trinajstić information content (AvgIpc) is 2.88. The van der Waals surface area contributed by atoms with Crippen LogP contribution in [0.5, 0.6) is 0 Å². The van der Waals surface area contributed by atoms with E-state index in [0.29, 0.717) is 10.6 Å². The van der Waals surface area contributed by atoms with E-state index in [4.69, 9.17) is 44.3 Å². The minimum atomic E-state index is -2.61. The summed E-state index contributed by atoms with van der Waals surface area (Å²) >= 11 is 18.0. The minimum absolute atomic E-state index is 0. The van der Waals surface area contributed by atoms with Gasteiger partial charge in [-0.05, 0) is 35.9 Å². The summed E-state index contributed by atoms with van der Waals surface area (Å²) in [6.07, 6.45) is -7.68. The molecule has 0 unspecified atom stereocenters. The number of amides is 2. The summed E-state index contributed by atoms with van der Waals surface area (Å²) in [6, 6.07) is 9.13. The fourth-order valence-electron chi connectivity index (χ4n) is 4.04. The molecule has 5 N–H and O–H groups in total. The molecular formula is C25H26Cl3N2NaO9. The molecule has 0 bridgehead atoms. The zero-order valence-corrected chi connectivity index (χ0v) is 25.7. The number of carboxylic acid groups (broad SMARTS) is 1. The summed E-state index contributed by atoms with van der Waals surface area (Å²) in [5.74, 6) is -5.72. The van der Waals surface area contributed by atoms with E-state index in [9.17, 15) is 34.8 Å². The molecule has 1 heterocycles. The maximum absolute atomic E-state index is 12.4. The molecule has 1 aliphatic heterocycles. The van der Waals surface area contributed by atoms with Crippen LogP contribution in [0.3, 0.4) is 0 Å². The number of carbonyl (C=O) groups excluding carboxylic acids is 3. The maximum Gasteiger partial charge on any atom is 1.00 e. The van der Waals surface area contributed by atoms with Crippen molar-refractivity contribution in [1.82, 2.24) is 10.6 Å². The molecule has 2 aromatic rings.